The first kappa shape index (κ1) is 15.7. The number of hydrogen-bond donors (Lipinski definition) is 2. The molecule has 1 saturated heterocycles. The molecule has 0 amide bonds. The third kappa shape index (κ3) is 3.00. The summed E-state index contributed by atoms with van der Waals surface area (Å²) in [6, 6.07) is 0.417. The normalized spacial score (nSPS) is 33.5. The molecule has 0 spiro atoms. The molecule has 0 aromatic rings. The SMILES string of the molecule is CNC1(C(=O)O)CCC(N2CCN(C(C)(C)C)CC2)C1. The van der Waals surface area contributed by atoms with Gasteiger partial charge in [-0.1, -0.05) is 0 Å². The van der Waals surface area contributed by atoms with E-state index in [1.54, 1.807) is 7.05 Å². The van der Waals surface area contributed by atoms with E-state index in [2.05, 4.69) is 35.9 Å². The van der Waals surface area contributed by atoms with Crippen LogP contribution in [0.5, 0.6) is 0 Å². The summed E-state index contributed by atoms with van der Waals surface area (Å²) in [6.45, 7) is 11.1. The van der Waals surface area contributed by atoms with Crippen LogP contribution in [-0.4, -0.2) is 71.2 Å². The molecule has 2 N–H and O–H groups in total. The van der Waals surface area contributed by atoms with Gasteiger partial charge in [-0.25, -0.2) is 0 Å². The van der Waals surface area contributed by atoms with Crippen molar-refractivity contribution in [1.82, 2.24) is 15.1 Å². The van der Waals surface area contributed by atoms with E-state index in [1.165, 1.54) is 0 Å². The number of carbonyl (C=O) groups is 1. The number of carboxylic acids is 1. The van der Waals surface area contributed by atoms with Crippen LogP contribution in [0.2, 0.25) is 0 Å². The number of likely N-dealkylation sites (N-methyl/N-ethyl adjacent to an activating group) is 1. The smallest absolute Gasteiger partial charge is 0.323 e. The topological polar surface area (TPSA) is 55.8 Å². The van der Waals surface area contributed by atoms with Gasteiger partial charge in [-0.15, -0.1) is 0 Å². The zero-order valence-electron chi connectivity index (χ0n) is 13.3. The first-order chi connectivity index (χ1) is 9.28. The number of aliphatic carboxylic acids is 1. The van der Waals surface area contributed by atoms with E-state index in [0.29, 0.717) is 6.04 Å². The maximum Gasteiger partial charge on any atom is 0.323 e. The zero-order valence-corrected chi connectivity index (χ0v) is 13.3. The minimum atomic E-state index is -0.703. The zero-order chi connectivity index (χ0) is 15.0. The van der Waals surface area contributed by atoms with E-state index in [4.69, 9.17) is 0 Å². The van der Waals surface area contributed by atoms with Crippen LogP contribution in [0.25, 0.3) is 0 Å². The summed E-state index contributed by atoms with van der Waals surface area (Å²) in [4.78, 5) is 16.5. The van der Waals surface area contributed by atoms with Crippen LogP contribution in [-0.2, 0) is 4.79 Å². The van der Waals surface area contributed by atoms with Crippen LogP contribution in [0.3, 0.4) is 0 Å². The summed E-state index contributed by atoms with van der Waals surface area (Å²) in [5, 5.41) is 12.5. The molecule has 1 aliphatic carbocycles. The lowest BCUT2D eigenvalue weighted by Gasteiger charge is -2.44. The molecule has 5 nitrogen and oxygen atoms in total. The molecule has 2 rings (SSSR count). The van der Waals surface area contributed by atoms with Gasteiger partial charge in [0.25, 0.3) is 0 Å². The molecule has 1 heterocycles. The summed E-state index contributed by atoms with van der Waals surface area (Å²) in [7, 11) is 1.77. The first-order valence-corrected chi connectivity index (χ1v) is 7.70. The number of carboxylic acid groups (broad SMARTS) is 1. The predicted octanol–water partition coefficient (Wildman–Crippen LogP) is 0.998. The summed E-state index contributed by atoms with van der Waals surface area (Å²) >= 11 is 0. The largest absolute Gasteiger partial charge is 0.480 e. The second kappa shape index (κ2) is 5.62. The van der Waals surface area contributed by atoms with Crippen molar-refractivity contribution in [3.8, 4) is 0 Å². The number of piperazine rings is 1. The van der Waals surface area contributed by atoms with Crippen molar-refractivity contribution < 1.29 is 9.90 Å². The van der Waals surface area contributed by atoms with Gasteiger partial charge in [-0.05, 0) is 47.1 Å². The lowest BCUT2D eigenvalue weighted by atomic mass is 9.97. The van der Waals surface area contributed by atoms with Gasteiger partial charge < -0.3 is 10.4 Å². The van der Waals surface area contributed by atoms with Crippen molar-refractivity contribution in [3.05, 3.63) is 0 Å². The van der Waals surface area contributed by atoms with Crippen molar-refractivity contribution in [2.45, 2.75) is 57.2 Å². The fourth-order valence-electron chi connectivity index (χ4n) is 3.62. The highest BCUT2D eigenvalue weighted by molar-refractivity contribution is 5.79. The van der Waals surface area contributed by atoms with Gasteiger partial charge >= 0.3 is 5.97 Å². The van der Waals surface area contributed by atoms with Gasteiger partial charge in [0.1, 0.15) is 5.54 Å². The Morgan fingerprint density at radius 2 is 1.85 bits per heavy atom. The summed E-state index contributed by atoms with van der Waals surface area (Å²) in [5.41, 5.74) is -0.469. The Hall–Kier alpha value is -0.650. The highest BCUT2D eigenvalue weighted by Crippen LogP contribution is 2.34. The molecule has 2 fully saturated rings. The Morgan fingerprint density at radius 1 is 1.25 bits per heavy atom. The molecule has 5 heteroatoms. The maximum absolute atomic E-state index is 11.5. The Balaban J connectivity index is 1.91. The minimum absolute atomic E-state index is 0.234. The van der Waals surface area contributed by atoms with Crippen LogP contribution in [0, 0.1) is 0 Å². The van der Waals surface area contributed by atoms with Crippen molar-refractivity contribution in [2.24, 2.45) is 0 Å². The standard InChI is InChI=1S/C15H29N3O2/c1-14(2,3)18-9-7-17(8-10-18)12-5-6-15(11-12,16-4)13(19)20/h12,16H,5-11H2,1-4H3,(H,19,20). The molecule has 0 aromatic heterocycles. The van der Waals surface area contributed by atoms with E-state index in [1.807, 2.05) is 0 Å². The molecular weight excluding hydrogens is 254 g/mol. The Labute approximate surface area is 122 Å². The molecule has 2 atom stereocenters. The maximum atomic E-state index is 11.5. The summed E-state index contributed by atoms with van der Waals surface area (Å²) in [6.07, 6.45) is 2.46. The van der Waals surface area contributed by atoms with E-state index >= 15 is 0 Å². The quantitative estimate of drug-likeness (QED) is 0.809. The monoisotopic (exact) mass is 283 g/mol. The Morgan fingerprint density at radius 3 is 2.25 bits per heavy atom. The predicted molar refractivity (Wildman–Crippen MR) is 80.0 cm³/mol. The van der Waals surface area contributed by atoms with Crippen LogP contribution >= 0.6 is 0 Å². The van der Waals surface area contributed by atoms with Crippen LogP contribution in [0.1, 0.15) is 40.0 Å². The van der Waals surface area contributed by atoms with Gasteiger partial charge in [-0.3, -0.25) is 14.6 Å². The van der Waals surface area contributed by atoms with Gasteiger partial charge in [0.15, 0.2) is 0 Å². The molecule has 1 aliphatic heterocycles. The lowest BCUT2D eigenvalue weighted by molar-refractivity contribution is -0.144. The summed E-state index contributed by atoms with van der Waals surface area (Å²) in [5.74, 6) is -0.698. The number of nitrogens with one attached hydrogen (secondary N) is 1. The van der Waals surface area contributed by atoms with E-state index in [-0.39, 0.29) is 5.54 Å². The molecule has 20 heavy (non-hydrogen) atoms. The molecule has 0 bridgehead atoms. The first-order valence-electron chi connectivity index (χ1n) is 7.70. The second-order valence-electron chi connectivity index (χ2n) is 7.23. The van der Waals surface area contributed by atoms with Crippen LogP contribution in [0.15, 0.2) is 0 Å². The minimum Gasteiger partial charge on any atom is -0.480 e. The third-order valence-electron chi connectivity index (χ3n) is 5.16. The second-order valence-corrected chi connectivity index (χ2v) is 7.23. The average molecular weight is 283 g/mol. The summed E-state index contributed by atoms with van der Waals surface area (Å²) < 4.78 is 0. The highest BCUT2D eigenvalue weighted by Gasteiger charge is 2.46. The van der Waals surface area contributed by atoms with Gasteiger partial charge in [-0.2, -0.15) is 0 Å². The van der Waals surface area contributed by atoms with Crippen molar-refractivity contribution >= 4 is 5.97 Å². The van der Waals surface area contributed by atoms with Crippen LogP contribution < -0.4 is 5.32 Å². The van der Waals surface area contributed by atoms with E-state index in [9.17, 15) is 9.90 Å². The average Bonchev–Trinajstić information content (AvgIpc) is 2.83. The van der Waals surface area contributed by atoms with Gasteiger partial charge in [0, 0.05) is 37.8 Å². The molecule has 0 radical (unpaired) electrons. The molecule has 1 saturated carbocycles. The van der Waals surface area contributed by atoms with Gasteiger partial charge in [0.05, 0.1) is 0 Å². The Kier molecular flexibility index (Phi) is 4.42. The molecule has 0 aromatic carbocycles. The highest BCUT2D eigenvalue weighted by atomic mass is 16.4. The fourth-order valence-corrected chi connectivity index (χ4v) is 3.62. The lowest BCUT2D eigenvalue weighted by Crippen LogP contribution is -2.56. The molecular formula is C15H29N3O2. The number of hydrogen-bond acceptors (Lipinski definition) is 4. The van der Waals surface area contributed by atoms with E-state index < -0.39 is 11.5 Å². The van der Waals surface area contributed by atoms with Crippen molar-refractivity contribution in [3.63, 3.8) is 0 Å². The van der Waals surface area contributed by atoms with Crippen molar-refractivity contribution in [2.75, 3.05) is 33.2 Å². The third-order valence-corrected chi connectivity index (χ3v) is 5.16. The number of nitrogens with zero attached hydrogens (tertiary/aromatic N) is 2. The van der Waals surface area contributed by atoms with Crippen molar-refractivity contribution in [1.29, 1.82) is 0 Å². The fraction of sp³-hybridized carbons (Fsp3) is 0.933. The van der Waals surface area contributed by atoms with E-state index in [0.717, 1.165) is 45.4 Å². The molecule has 2 unspecified atom stereocenters. The van der Waals surface area contributed by atoms with Gasteiger partial charge in [0.2, 0.25) is 0 Å². The number of rotatable bonds is 3. The molecule has 116 valence electrons. The van der Waals surface area contributed by atoms with Crippen LogP contribution in [0.4, 0.5) is 0 Å². The Bertz CT molecular complexity index is 359. The molecule has 2 aliphatic rings.